The minimum Gasteiger partial charge on any atom is -0.482 e. The molecule has 2 aromatic carbocycles. The molecule has 0 saturated carbocycles. The van der Waals surface area contributed by atoms with Gasteiger partial charge in [0.05, 0.1) is 5.02 Å². The van der Waals surface area contributed by atoms with Gasteiger partial charge in [-0.2, -0.15) is 8.78 Å². The Balaban J connectivity index is 1.53. The lowest BCUT2D eigenvalue weighted by molar-refractivity contribution is -0.159. The normalized spacial score (nSPS) is 17.6. The fourth-order valence-corrected chi connectivity index (χ4v) is 2.79. The predicted octanol–water partition coefficient (Wildman–Crippen LogP) is 3.65. The number of esters is 1. The monoisotopic (exact) mass is 427 g/mol. The van der Waals surface area contributed by atoms with Crippen molar-refractivity contribution in [2.24, 2.45) is 0 Å². The Morgan fingerprint density at radius 3 is 2.52 bits per heavy atom. The van der Waals surface area contributed by atoms with E-state index in [4.69, 9.17) is 25.8 Å². The summed E-state index contributed by atoms with van der Waals surface area (Å²) in [6.07, 6.45) is -1.64. The van der Waals surface area contributed by atoms with Crippen LogP contribution in [0.4, 0.5) is 14.5 Å². The van der Waals surface area contributed by atoms with Gasteiger partial charge in [-0.1, -0.05) is 23.7 Å². The van der Waals surface area contributed by atoms with Crippen molar-refractivity contribution < 1.29 is 37.3 Å². The van der Waals surface area contributed by atoms with Crippen molar-refractivity contribution in [2.45, 2.75) is 25.7 Å². The van der Waals surface area contributed by atoms with Crippen molar-refractivity contribution in [1.82, 2.24) is 0 Å². The number of ether oxygens (including phenoxy) is 4. The first-order chi connectivity index (χ1) is 13.8. The van der Waals surface area contributed by atoms with E-state index in [2.05, 4.69) is 10.1 Å². The standard InChI is InChI=1S/C19H16ClF2NO6/c1-10-17(28-15-5-3-2-4-14(15)27-10)18(25)26-9-16(24)23-11-6-7-13(12(20)8-11)29-19(21)22/h2-8,10,17,19H,9H2,1H3,(H,23,24). The van der Waals surface area contributed by atoms with Gasteiger partial charge in [-0.25, -0.2) is 4.79 Å². The molecule has 1 heterocycles. The number of anilines is 1. The predicted molar refractivity (Wildman–Crippen MR) is 98.6 cm³/mol. The summed E-state index contributed by atoms with van der Waals surface area (Å²) in [6.45, 7) is -1.96. The highest BCUT2D eigenvalue weighted by atomic mass is 35.5. The molecule has 0 radical (unpaired) electrons. The van der Waals surface area contributed by atoms with E-state index in [0.717, 1.165) is 0 Å². The molecular weight excluding hydrogens is 412 g/mol. The molecule has 0 aliphatic carbocycles. The molecule has 29 heavy (non-hydrogen) atoms. The van der Waals surface area contributed by atoms with Crippen LogP contribution >= 0.6 is 11.6 Å². The Morgan fingerprint density at radius 1 is 1.17 bits per heavy atom. The molecule has 1 N–H and O–H groups in total. The Morgan fingerprint density at radius 2 is 1.86 bits per heavy atom. The van der Waals surface area contributed by atoms with Gasteiger partial charge in [0.1, 0.15) is 11.9 Å². The molecule has 0 aromatic heterocycles. The minimum absolute atomic E-state index is 0.111. The number of carbonyl (C=O) groups excluding carboxylic acids is 2. The first kappa shape index (κ1) is 20.7. The minimum atomic E-state index is -3.02. The number of fused-ring (bicyclic) bond motifs is 1. The molecule has 7 nitrogen and oxygen atoms in total. The fraction of sp³-hybridized carbons (Fsp3) is 0.263. The number of carbonyl (C=O) groups is 2. The maximum Gasteiger partial charge on any atom is 0.387 e. The van der Waals surface area contributed by atoms with E-state index in [-0.39, 0.29) is 16.5 Å². The van der Waals surface area contributed by atoms with Gasteiger partial charge < -0.3 is 24.3 Å². The number of halogens is 3. The Bertz CT molecular complexity index is 910. The number of amides is 1. The third-order valence-corrected chi connectivity index (χ3v) is 4.15. The van der Waals surface area contributed by atoms with E-state index in [1.54, 1.807) is 31.2 Å². The average molecular weight is 428 g/mol. The van der Waals surface area contributed by atoms with Crippen LogP contribution in [0.5, 0.6) is 17.2 Å². The molecule has 2 atom stereocenters. The van der Waals surface area contributed by atoms with E-state index in [9.17, 15) is 18.4 Å². The number of benzene rings is 2. The zero-order chi connectivity index (χ0) is 21.0. The van der Waals surface area contributed by atoms with Crippen LogP contribution in [0.1, 0.15) is 6.92 Å². The number of hydrogen-bond donors (Lipinski definition) is 1. The highest BCUT2D eigenvalue weighted by molar-refractivity contribution is 6.32. The van der Waals surface area contributed by atoms with Crippen molar-refractivity contribution in [3.8, 4) is 17.2 Å². The highest BCUT2D eigenvalue weighted by Crippen LogP contribution is 2.33. The lowest BCUT2D eigenvalue weighted by Gasteiger charge is -2.30. The smallest absolute Gasteiger partial charge is 0.387 e. The number of nitrogens with one attached hydrogen (secondary N) is 1. The third-order valence-electron chi connectivity index (χ3n) is 3.85. The van der Waals surface area contributed by atoms with Gasteiger partial charge in [0.25, 0.3) is 5.91 Å². The zero-order valence-corrected chi connectivity index (χ0v) is 15.8. The van der Waals surface area contributed by atoms with Gasteiger partial charge in [-0.3, -0.25) is 4.79 Å². The SMILES string of the molecule is CC1Oc2ccccc2OC1C(=O)OCC(=O)Nc1ccc(OC(F)F)c(Cl)c1. The summed E-state index contributed by atoms with van der Waals surface area (Å²) in [6, 6.07) is 10.6. The maximum absolute atomic E-state index is 12.3. The van der Waals surface area contributed by atoms with Crippen molar-refractivity contribution in [3.05, 3.63) is 47.5 Å². The van der Waals surface area contributed by atoms with Crippen LogP contribution in [0.3, 0.4) is 0 Å². The number of para-hydroxylation sites is 2. The molecule has 2 aromatic rings. The summed E-state index contributed by atoms with van der Waals surface area (Å²) >= 11 is 5.82. The first-order valence-corrected chi connectivity index (χ1v) is 8.84. The van der Waals surface area contributed by atoms with E-state index < -0.39 is 37.3 Å². The molecule has 0 fully saturated rings. The van der Waals surface area contributed by atoms with Crippen LogP contribution in [0.2, 0.25) is 5.02 Å². The molecule has 1 amide bonds. The lowest BCUT2D eigenvalue weighted by atomic mass is 10.2. The lowest BCUT2D eigenvalue weighted by Crippen LogP contribution is -2.45. The quantitative estimate of drug-likeness (QED) is 0.708. The van der Waals surface area contributed by atoms with Crippen LogP contribution in [0, 0.1) is 0 Å². The molecule has 1 aliphatic rings. The van der Waals surface area contributed by atoms with E-state index in [0.29, 0.717) is 11.5 Å². The van der Waals surface area contributed by atoms with Crippen molar-refractivity contribution in [1.29, 1.82) is 0 Å². The summed E-state index contributed by atoms with van der Waals surface area (Å²) in [5.74, 6) is -0.729. The largest absolute Gasteiger partial charge is 0.482 e. The van der Waals surface area contributed by atoms with Gasteiger partial charge in [0, 0.05) is 5.69 Å². The maximum atomic E-state index is 12.3. The fourth-order valence-electron chi connectivity index (χ4n) is 2.57. The second-order valence-electron chi connectivity index (χ2n) is 5.99. The average Bonchev–Trinajstić information content (AvgIpc) is 2.67. The topological polar surface area (TPSA) is 83.1 Å². The molecule has 0 spiro atoms. The second kappa shape index (κ2) is 8.95. The molecule has 154 valence electrons. The zero-order valence-electron chi connectivity index (χ0n) is 15.1. The molecule has 0 bridgehead atoms. The van der Waals surface area contributed by atoms with Crippen molar-refractivity contribution >= 4 is 29.2 Å². The van der Waals surface area contributed by atoms with Gasteiger partial charge in [-0.15, -0.1) is 0 Å². The van der Waals surface area contributed by atoms with Gasteiger partial charge in [0.2, 0.25) is 6.10 Å². The molecule has 10 heteroatoms. The summed E-state index contributed by atoms with van der Waals surface area (Å²) < 4.78 is 44.9. The van der Waals surface area contributed by atoms with Crippen LogP contribution in [0.15, 0.2) is 42.5 Å². The Hall–Kier alpha value is -3.07. The summed E-state index contributed by atoms with van der Waals surface area (Å²) in [4.78, 5) is 24.3. The van der Waals surface area contributed by atoms with Crippen LogP contribution in [-0.2, 0) is 14.3 Å². The van der Waals surface area contributed by atoms with Gasteiger partial charge in [0.15, 0.2) is 18.1 Å². The van der Waals surface area contributed by atoms with E-state index in [1.165, 1.54) is 18.2 Å². The van der Waals surface area contributed by atoms with Crippen LogP contribution < -0.4 is 19.5 Å². The van der Waals surface area contributed by atoms with Crippen LogP contribution in [0.25, 0.3) is 0 Å². The van der Waals surface area contributed by atoms with Gasteiger partial charge >= 0.3 is 12.6 Å². The van der Waals surface area contributed by atoms with Crippen molar-refractivity contribution in [3.63, 3.8) is 0 Å². The van der Waals surface area contributed by atoms with Crippen molar-refractivity contribution in [2.75, 3.05) is 11.9 Å². The number of hydrogen-bond acceptors (Lipinski definition) is 6. The Labute approximate surface area is 169 Å². The molecular formula is C19H16ClF2NO6. The highest BCUT2D eigenvalue weighted by Gasteiger charge is 2.35. The molecule has 0 saturated heterocycles. The third kappa shape index (κ3) is 5.26. The second-order valence-corrected chi connectivity index (χ2v) is 6.39. The van der Waals surface area contributed by atoms with Crippen LogP contribution in [-0.4, -0.2) is 37.3 Å². The molecule has 2 unspecified atom stereocenters. The van der Waals surface area contributed by atoms with Gasteiger partial charge in [-0.05, 0) is 37.3 Å². The number of alkyl halides is 2. The molecule has 3 rings (SSSR count). The number of rotatable bonds is 6. The Kier molecular flexibility index (Phi) is 6.38. The summed E-state index contributed by atoms with van der Waals surface area (Å²) in [5, 5.41) is 2.32. The van der Waals surface area contributed by atoms with E-state index in [1.807, 2.05) is 0 Å². The summed E-state index contributed by atoms with van der Waals surface area (Å²) in [7, 11) is 0. The molecule has 1 aliphatic heterocycles. The van der Waals surface area contributed by atoms with E-state index >= 15 is 0 Å². The first-order valence-electron chi connectivity index (χ1n) is 8.46. The summed E-state index contributed by atoms with van der Waals surface area (Å²) in [5.41, 5.74) is 0.220.